The molecule has 0 unspecified atom stereocenters. The van der Waals surface area contributed by atoms with Crippen LogP contribution in [0.5, 0.6) is 0 Å². The molecular formula is C10H6FNO. The van der Waals surface area contributed by atoms with Crippen molar-refractivity contribution in [2.24, 2.45) is 0 Å². The van der Waals surface area contributed by atoms with Gasteiger partial charge in [0.15, 0.2) is 6.29 Å². The van der Waals surface area contributed by atoms with E-state index in [4.69, 9.17) is 0 Å². The standard InChI is InChI=1S/C10H6FNO/c11-9-3-1-2-8-7(6-13)4-5-12-10(8)9/h1-6H. The van der Waals surface area contributed by atoms with Crippen molar-refractivity contribution in [1.29, 1.82) is 0 Å². The second kappa shape index (κ2) is 2.94. The zero-order chi connectivity index (χ0) is 9.26. The van der Waals surface area contributed by atoms with Crippen molar-refractivity contribution in [3.05, 3.63) is 41.8 Å². The minimum atomic E-state index is -0.402. The van der Waals surface area contributed by atoms with E-state index in [1.165, 1.54) is 12.3 Å². The quantitative estimate of drug-likeness (QED) is 0.622. The fourth-order valence-electron chi connectivity index (χ4n) is 1.26. The first kappa shape index (κ1) is 7.86. The maximum atomic E-state index is 13.1. The molecule has 3 heteroatoms. The second-order valence-electron chi connectivity index (χ2n) is 2.65. The van der Waals surface area contributed by atoms with Gasteiger partial charge in [0.25, 0.3) is 0 Å². The fraction of sp³-hybridized carbons (Fsp3) is 0. The van der Waals surface area contributed by atoms with Gasteiger partial charge < -0.3 is 0 Å². The van der Waals surface area contributed by atoms with E-state index in [0.717, 1.165) is 0 Å². The van der Waals surface area contributed by atoms with Gasteiger partial charge in [-0.2, -0.15) is 0 Å². The smallest absolute Gasteiger partial charge is 0.150 e. The van der Waals surface area contributed by atoms with Gasteiger partial charge in [-0.1, -0.05) is 12.1 Å². The van der Waals surface area contributed by atoms with E-state index in [0.29, 0.717) is 17.2 Å². The summed E-state index contributed by atoms with van der Waals surface area (Å²) in [4.78, 5) is 14.4. The Labute approximate surface area is 74.0 Å². The predicted octanol–water partition coefficient (Wildman–Crippen LogP) is 2.19. The Morgan fingerprint density at radius 3 is 2.92 bits per heavy atom. The highest BCUT2D eigenvalue weighted by Crippen LogP contribution is 2.17. The lowest BCUT2D eigenvalue weighted by Gasteiger charge is -1.99. The third-order valence-corrected chi connectivity index (χ3v) is 1.88. The van der Waals surface area contributed by atoms with Crippen LogP contribution in [0, 0.1) is 5.82 Å². The van der Waals surface area contributed by atoms with E-state index in [2.05, 4.69) is 4.98 Å². The zero-order valence-corrected chi connectivity index (χ0v) is 6.70. The number of para-hydroxylation sites is 1. The summed E-state index contributed by atoms with van der Waals surface area (Å²) in [5.74, 6) is -0.402. The Kier molecular flexibility index (Phi) is 1.77. The van der Waals surface area contributed by atoms with Gasteiger partial charge in [-0.05, 0) is 12.1 Å². The summed E-state index contributed by atoms with van der Waals surface area (Å²) in [6, 6.07) is 6.13. The Balaban J connectivity index is 2.92. The molecule has 0 aliphatic rings. The number of pyridine rings is 1. The van der Waals surface area contributed by atoms with Crippen molar-refractivity contribution in [2.45, 2.75) is 0 Å². The van der Waals surface area contributed by atoms with E-state index >= 15 is 0 Å². The molecule has 0 fully saturated rings. The third kappa shape index (κ3) is 1.18. The monoisotopic (exact) mass is 175 g/mol. The Bertz CT molecular complexity index is 467. The van der Waals surface area contributed by atoms with Crippen LogP contribution in [0.3, 0.4) is 0 Å². The van der Waals surface area contributed by atoms with Gasteiger partial charge in [0.1, 0.15) is 11.3 Å². The molecule has 64 valence electrons. The van der Waals surface area contributed by atoms with Crippen molar-refractivity contribution in [3.63, 3.8) is 0 Å². The maximum absolute atomic E-state index is 13.1. The molecule has 2 aromatic rings. The van der Waals surface area contributed by atoms with Gasteiger partial charge in [0.2, 0.25) is 0 Å². The minimum Gasteiger partial charge on any atom is -0.298 e. The normalized spacial score (nSPS) is 10.2. The van der Waals surface area contributed by atoms with Gasteiger partial charge >= 0.3 is 0 Å². The number of benzene rings is 1. The molecule has 0 saturated carbocycles. The van der Waals surface area contributed by atoms with Gasteiger partial charge in [-0.15, -0.1) is 0 Å². The van der Waals surface area contributed by atoms with Gasteiger partial charge in [-0.3, -0.25) is 9.78 Å². The van der Waals surface area contributed by atoms with Crippen molar-refractivity contribution in [2.75, 3.05) is 0 Å². The van der Waals surface area contributed by atoms with Crippen LogP contribution in [0.25, 0.3) is 10.9 Å². The number of nitrogens with zero attached hydrogens (tertiary/aromatic N) is 1. The summed E-state index contributed by atoms with van der Waals surface area (Å²) in [5.41, 5.74) is 0.705. The Morgan fingerprint density at radius 1 is 1.31 bits per heavy atom. The third-order valence-electron chi connectivity index (χ3n) is 1.88. The molecule has 0 bridgehead atoms. The molecule has 0 N–H and O–H groups in total. The van der Waals surface area contributed by atoms with E-state index in [-0.39, 0.29) is 5.52 Å². The van der Waals surface area contributed by atoms with Crippen molar-refractivity contribution < 1.29 is 9.18 Å². The first-order valence-electron chi connectivity index (χ1n) is 3.81. The number of fused-ring (bicyclic) bond motifs is 1. The van der Waals surface area contributed by atoms with Gasteiger partial charge in [-0.25, -0.2) is 4.39 Å². The highest BCUT2D eigenvalue weighted by atomic mass is 19.1. The zero-order valence-electron chi connectivity index (χ0n) is 6.70. The minimum absolute atomic E-state index is 0.243. The number of hydrogen-bond donors (Lipinski definition) is 0. The molecule has 0 aliphatic heterocycles. The van der Waals surface area contributed by atoms with Crippen LogP contribution in [0.4, 0.5) is 4.39 Å². The average molecular weight is 175 g/mol. The maximum Gasteiger partial charge on any atom is 0.150 e. The number of carbonyl (C=O) groups excluding carboxylic acids is 1. The molecule has 0 spiro atoms. The van der Waals surface area contributed by atoms with E-state index in [1.807, 2.05) is 0 Å². The number of carbonyl (C=O) groups is 1. The fourth-order valence-corrected chi connectivity index (χ4v) is 1.26. The van der Waals surface area contributed by atoms with Crippen molar-refractivity contribution >= 4 is 17.2 Å². The highest BCUT2D eigenvalue weighted by Gasteiger charge is 2.03. The lowest BCUT2D eigenvalue weighted by molar-refractivity contribution is 0.112. The lowest BCUT2D eigenvalue weighted by atomic mass is 10.1. The van der Waals surface area contributed by atoms with Crippen LogP contribution in [0.1, 0.15) is 10.4 Å². The first-order valence-corrected chi connectivity index (χ1v) is 3.81. The number of aldehydes is 1. The number of hydrogen-bond acceptors (Lipinski definition) is 2. The van der Waals surface area contributed by atoms with Crippen LogP contribution >= 0.6 is 0 Å². The van der Waals surface area contributed by atoms with Gasteiger partial charge in [0.05, 0.1) is 0 Å². The SMILES string of the molecule is O=Cc1ccnc2c(F)cccc12. The molecule has 0 amide bonds. The second-order valence-corrected chi connectivity index (χ2v) is 2.65. The molecule has 0 atom stereocenters. The summed E-state index contributed by atoms with van der Waals surface area (Å²) in [7, 11) is 0. The molecule has 1 aromatic heterocycles. The molecule has 1 heterocycles. The van der Waals surface area contributed by atoms with E-state index < -0.39 is 5.82 Å². The first-order chi connectivity index (χ1) is 6.33. The Morgan fingerprint density at radius 2 is 2.15 bits per heavy atom. The molecule has 13 heavy (non-hydrogen) atoms. The summed E-state index contributed by atoms with van der Waals surface area (Å²) in [6.45, 7) is 0. The molecule has 0 saturated heterocycles. The summed E-state index contributed by atoms with van der Waals surface area (Å²) < 4.78 is 13.1. The average Bonchev–Trinajstić information content (AvgIpc) is 2.18. The number of rotatable bonds is 1. The predicted molar refractivity (Wildman–Crippen MR) is 47.1 cm³/mol. The topological polar surface area (TPSA) is 30.0 Å². The summed E-state index contributed by atoms with van der Waals surface area (Å²) in [6.07, 6.45) is 2.12. The number of aromatic nitrogens is 1. The van der Waals surface area contributed by atoms with Crippen molar-refractivity contribution in [3.8, 4) is 0 Å². The van der Waals surface area contributed by atoms with Crippen LogP contribution in [-0.4, -0.2) is 11.3 Å². The van der Waals surface area contributed by atoms with Crippen molar-refractivity contribution in [1.82, 2.24) is 4.98 Å². The van der Waals surface area contributed by atoms with Crippen LogP contribution in [-0.2, 0) is 0 Å². The van der Waals surface area contributed by atoms with Crippen LogP contribution in [0.15, 0.2) is 30.5 Å². The molecule has 2 rings (SSSR count). The molecule has 0 radical (unpaired) electrons. The number of halogens is 1. The van der Waals surface area contributed by atoms with Crippen LogP contribution in [0.2, 0.25) is 0 Å². The van der Waals surface area contributed by atoms with Crippen LogP contribution < -0.4 is 0 Å². The Hall–Kier alpha value is -1.77. The summed E-state index contributed by atoms with van der Waals surface area (Å²) >= 11 is 0. The lowest BCUT2D eigenvalue weighted by Crippen LogP contribution is -1.88. The van der Waals surface area contributed by atoms with E-state index in [1.54, 1.807) is 18.2 Å². The molecule has 2 nitrogen and oxygen atoms in total. The largest absolute Gasteiger partial charge is 0.298 e. The van der Waals surface area contributed by atoms with E-state index in [9.17, 15) is 9.18 Å². The highest BCUT2D eigenvalue weighted by molar-refractivity contribution is 5.96. The molecule has 0 aliphatic carbocycles. The molecule has 1 aromatic carbocycles. The van der Waals surface area contributed by atoms with Gasteiger partial charge in [0, 0.05) is 17.1 Å². The molecular weight excluding hydrogens is 169 g/mol. The summed E-state index contributed by atoms with van der Waals surface area (Å²) in [5, 5.41) is 0.553.